The van der Waals surface area contributed by atoms with Crippen molar-refractivity contribution in [2.45, 2.75) is 12.8 Å². The molecule has 3 aliphatic carbocycles. The van der Waals surface area contributed by atoms with Gasteiger partial charge in [-0.1, -0.05) is 12.2 Å². The highest BCUT2D eigenvalue weighted by atomic mass is 16.6. The molecule has 3 fully saturated rings. The molecule has 1 aliphatic heterocycles. The Labute approximate surface area is 143 Å². The maximum Gasteiger partial charge on any atom is 0.271 e. The van der Waals surface area contributed by atoms with E-state index in [1.807, 2.05) is 0 Å². The molecule has 7 heteroatoms. The Balaban J connectivity index is 1.59. The van der Waals surface area contributed by atoms with Gasteiger partial charge in [-0.2, -0.15) is 0 Å². The van der Waals surface area contributed by atoms with Gasteiger partial charge in [0.2, 0.25) is 11.8 Å². The zero-order chi connectivity index (χ0) is 17.5. The molecule has 0 unspecified atom stereocenters. The number of methoxy groups -OCH3 is 1. The van der Waals surface area contributed by atoms with Crippen LogP contribution in [0.3, 0.4) is 0 Å². The first-order chi connectivity index (χ1) is 12.0. The third-order valence-electron chi connectivity index (χ3n) is 6.47. The number of benzene rings is 1. The number of non-ortho nitro benzene ring substituents is 1. The van der Waals surface area contributed by atoms with E-state index in [1.165, 1.54) is 25.3 Å². The molecule has 1 aromatic rings. The highest BCUT2D eigenvalue weighted by Crippen LogP contribution is 2.73. The van der Waals surface area contributed by atoms with Crippen molar-refractivity contribution in [2.75, 3.05) is 12.0 Å². The van der Waals surface area contributed by atoms with Gasteiger partial charge in [-0.15, -0.1) is 0 Å². The summed E-state index contributed by atoms with van der Waals surface area (Å²) in [5, 5.41) is 11.1. The van der Waals surface area contributed by atoms with Crippen molar-refractivity contribution in [1.82, 2.24) is 0 Å². The van der Waals surface area contributed by atoms with E-state index < -0.39 is 4.92 Å². The Morgan fingerprint density at radius 2 is 1.76 bits per heavy atom. The maximum absolute atomic E-state index is 13.1. The summed E-state index contributed by atoms with van der Waals surface area (Å²) in [5.41, 5.74) is 0.123. The molecule has 1 saturated heterocycles. The first kappa shape index (κ1) is 14.6. The number of nitrogens with zero attached hydrogens (tertiary/aromatic N) is 2. The SMILES string of the molecule is COc1ccc([N+](=O)[O-])cc1N1C(=O)[C@@H]2[C@H](C1=O)[C@H]1C=C[C@H]2C12CC2. The van der Waals surface area contributed by atoms with E-state index in [2.05, 4.69) is 12.2 Å². The van der Waals surface area contributed by atoms with E-state index in [1.54, 1.807) is 0 Å². The Morgan fingerprint density at radius 3 is 2.24 bits per heavy atom. The lowest BCUT2D eigenvalue weighted by Gasteiger charge is -2.22. The number of rotatable bonds is 3. The molecule has 4 aliphatic rings. The lowest BCUT2D eigenvalue weighted by atomic mass is 9.85. The van der Waals surface area contributed by atoms with Gasteiger partial charge in [0.05, 0.1) is 23.9 Å². The van der Waals surface area contributed by atoms with Crippen LogP contribution >= 0.6 is 0 Å². The fourth-order valence-electron chi connectivity index (χ4n) is 5.28. The predicted molar refractivity (Wildman–Crippen MR) is 86.9 cm³/mol. The zero-order valence-corrected chi connectivity index (χ0v) is 13.5. The van der Waals surface area contributed by atoms with Crippen LogP contribution in [-0.4, -0.2) is 23.8 Å². The average molecular weight is 340 g/mol. The van der Waals surface area contributed by atoms with E-state index in [0.717, 1.165) is 17.7 Å². The van der Waals surface area contributed by atoms with Gasteiger partial charge in [-0.25, -0.2) is 4.90 Å². The molecule has 1 spiro atoms. The van der Waals surface area contributed by atoms with Crippen molar-refractivity contribution >= 4 is 23.2 Å². The fourth-order valence-corrected chi connectivity index (χ4v) is 5.28. The molecular weight excluding hydrogens is 324 g/mol. The van der Waals surface area contributed by atoms with Crippen LogP contribution in [0, 0.1) is 39.2 Å². The number of allylic oxidation sites excluding steroid dienone is 2. The minimum Gasteiger partial charge on any atom is -0.495 e. The Morgan fingerprint density at radius 1 is 1.16 bits per heavy atom. The van der Waals surface area contributed by atoms with Gasteiger partial charge in [0.25, 0.3) is 5.69 Å². The van der Waals surface area contributed by atoms with Crippen molar-refractivity contribution in [3.05, 3.63) is 40.5 Å². The number of nitro groups is 1. The van der Waals surface area contributed by atoms with E-state index in [-0.39, 0.29) is 58.0 Å². The first-order valence-corrected chi connectivity index (χ1v) is 8.38. The van der Waals surface area contributed by atoms with E-state index in [4.69, 9.17) is 4.74 Å². The minimum atomic E-state index is -0.542. The van der Waals surface area contributed by atoms with E-state index in [0.29, 0.717) is 0 Å². The van der Waals surface area contributed by atoms with Crippen molar-refractivity contribution in [1.29, 1.82) is 0 Å². The number of anilines is 1. The number of amides is 2. The van der Waals surface area contributed by atoms with Gasteiger partial charge in [0.15, 0.2) is 0 Å². The van der Waals surface area contributed by atoms with Crippen LogP contribution in [-0.2, 0) is 9.59 Å². The molecule has 1 aromatic carbocycles. The molecule has 2 saturated carbocycles. The highest BCUT2D eigenvalue weighted by Gasteiger charge is 2.73. The Hall–Kier alpha value is -2.70. The molecule has 7 nitrogen and oxygen atoms in total. The number of carbonyl (C=O) groups excluding carboxylic acids is 2. The van der Waals surface area contributed by atoms with Gasteiger partial charge in [0, 0.05) is 12.1 Å². The maximum atomic E-state index is 13.1. The second-order valence-electron chi connectivity index (χ2n) is 7.35. The third-order valence-corrected chi connectivity index (χ3v) is 6.47. The molecular formula is C18H16N2O5. The molecule has 5 rings (SSSR count). The van der Waals surface area contributed by atoms with E-state index in [9.17, 15) is 19.7 Å². The Bertz CT molecular complexity index is 838. The third kappa shape index (κ3) is 1.61. The summed E-state index contributed by atoms with van der Waals surface area (Å²) in [6, 6.07) is 3.98. The van der Waals surface area contributed by atoms with Crippen LogP contribution < -0.4 is 9.64 Å². The van der Waals surface area contributed by atoms with Crippen LogP contribution in [0.2, 0.25) is 0 Å². The molecule has 0 N–H and O–H groups in total. The van der Waals surface area contributed by atoms with Crippen molar-refractivity contribution in [3.8, 4) is 5.75 Å². The summed E-state index contributed by atoms with van der Waals surface area (Å²) in [5.74, 6) is -0.659. The van der Waals surface area contributed by atoms with Crippen molar-refractivity contribution < 1.29 is 19.2 Å². The molecule has 4 atom stereocenters. The second-order valence-corrected chi connectivity index (χ2v) is 7.35. The molecule has 0 radical (unpaired) electrons. The van der Waals surface area contributed by atoms with Gasteiger partial charge >= 0.3 is 0 Å². The number of carbonyl (C=O) groups is 2. The second kappa shape index (κ2) is 4.47. The monoisotopic (exact) mass is 340 g/mol. The molecule has 128 valence electrons. The summed E-state index contributed by atoms with van der Waals surface area (Å²) >= 11 is 0. The summed E-state index contributed by atoms with van der Waals surface area (Å²) in [4.78, 5) is 37.9. The number of hydrogen-bond acceptors (Lipinski definition) is 5. The molecule has 2 amide bonds. The topological polar surface area (TPSA) is 89.8 Å². The lowest BCUT2D eigenvalue weighted by molar-refractivity contribution is -0.384. The largest absolute Gasteiger partial charge is 0.495 e. The van der Waals surface area contributed by atoms with Crippen molar-refractivity contribution in [3.63, 3.8) is 0 Å². The van der Waals surface area contributed by atoms with Gasteiger partial charge in [-0.05, 0) is 36.2 Å². The lowest BCUT2D eigenvalue weighted by Crippen LogP contribution is -2.35. The van der Waals surface area contributed by atoms with Gasteiger partial charge < -0.3 is 4.74 Å². The van der Waals surface area contributed by atoms with Crippen LogP contribution in [0.15, 0.2) is 30.4 Å². The van der Waals surface area contributed by atoms with Gasteiger partial charge in [0.1, 0.15) is 11.4 Å². The molecule has 25 heavy (non-hydrogen) atoms. The zero-order valence-electron chi connectivity index (χ0n) is 13.5. The number of ether oxygens (including phenoxy) is 1. The van der Waals surface area contributed by atoms with Crippen molar-refractivity contribution in [2.24, 2.45) is 29.1 Å². The predicted octanol–water partition coefficient (Wildman–Crippen LogP) is 2.30. The van der Waals surface area contributed by atoms with Crippen LogP contribution in [0.25, 0.3) is 0 Å². The summed E-state index contributed by atoms with van der Waals surface area (Å²) in [6.45, 7) is 0. The number of imide groups is 1. The molecule has 1 heterocycles. The molecule has 0 aromatic heterocycles. The fraction of sp³-hybridized carbons (Fsp3) is 0.444. The normalized spacial score (nSPS) is 33.2. The number of hydrogen-bond donors (Lipinski definition) is 0. The summed E-state index contributed by atoms with van der Waals surface area (Å²) in [7, 11) is 1.42. The minimum absolute atomic E-state index is 0.119. The smallest absolute Gasteiger partial charge is 0.271 e. The number of fused-ring (bicyclic) bond motifs is 3. The van der Waals surface area contributed by atoms with Gasteiger partial charge in [-0.3, -0.25) is 19.7 Å². The summed E-state index contributed by atoms with van der Waals surface area (Å²) in [6.07, 6.45) is 6.34. The van der Waals surface area contributed by atoms with Crippen LogP contribution in [0.1, 0.15) is 12.8 Å². The summed E-state index contributed by atoms with van der Waals surface area (Å²) < 4.78 is 5.25. The average Bonchev–Trinajstić information content (AvgIpc) is 3.19. The highest BCUT2D eigenvalue weighted by molar-refractivity contribution is 6.23. The van der Waals surface area contributed by atoms with Crippen LogP contribution in [0.5, 0.6) is 5.75 Å². The standard InChI is InChI=1S/C18H16N2O5/c1-25-13-5-2-9(20(23)24)8-12(13)19-16(21)14-10-3-4-11(15(14)17(19)22)18(10)6-7-18/h2-5,8,10-11,14-15H,6-7H2,1H3/t10-,11-,14-,15+/m1/s1. The quantitative estimate of drug-likeness (QED) is 0.364. The van der Waals surface area contributed by atoms with E-state index >= 15 is 0 Å². The Kier molecular flexibility index (Phi) is 2.62. The van der Waals surface area contributed by atoms with Crippen LogP contribution in [0.4, 0.5) is 11.4 Å². The number of nitro benzene ring substituents is 1. The molecule has 2 bridgehead atoms. The first-order valence-electron chi connectivity index (χ1n) is 8.38.